The van der Waals surface area contributed by atoms with Gasteiger partial charge in [0.05, 0.1) is 6.10 Å². The van der Waals surface area contributed by atoms with E-state index in [0.717, 1.165) is 32.6 Å². The van der Waals surface area contributed by atoms with Crippen molar-refractivity contribution in [2.24, 2.45) is 0 Å². The molecule has 0 bridgehead atoms. The fraction of sp³-hybridized carbons (Fsp3) is 0.538. The fourth-order valence-electron chi connectivity index (χ4n) is 2.56. The molecule has 0 saturated carbocycles. The molecule has 0 aromatic heterocycles. The Kier molecular flexibility index (Phi) is 2.67. The highest BCUT2D eigenvalue weighted by molar-refractivity contribution is 5.30. The molecule has 2 aliphatic rings. The Morgan fingerprint density at radius 3 is 2.44 bits per heavy atom. The molecule has 3 rings (SSSR count). The summed E-state index contributed by atoms with van der Waals surface area (Å²) in [6, 6.07) is 8.87. The average molecular weight is 218 g/mol. The third kappa shape index (κ3) is 1.86. The lowest BCUT2D eigenvalue weighted by molar-refractivity contribution is 0.0557. The first-order valence-corrected chi connectivity index (χ1v) is 6.03. The number of β-amino-alcohol motifs (C(OH)–C–C–N with tert-alkyl or cyclic N) is 1. The molecule has 86 valence electrons. The largest absolute Gasteiger partial charge is 0.390 e. The van der Waals surface area contributed by atoms with E-state index in [-0.39, 0.29) is 6.10 Å². The van der Waals surface area contributed by atoms with Gasteiger partial charge in [0.2, 0.25) is 0 Å². The van der Waals surface area contributed by atoms with Crippen LogP contribution in [0.15, 0.2) is 24.3 Å². The van der Waals surface area contributed by atoms with Crippen LogP contribution in [0.25, 0.3) is 0 Å². The quantitative estimate of drug-likeness (QED) is 0.785. The molecule has 2 aliphatic heterocycles. The zero-order valence-corrected chi connectivity index (χ0v) is 9.39. The standard InChI is InChI=1S/C13H18N2O/c16-13(12-5-6-14-12)9-15-7-10-3-1-2-4-11(10)8-15/h1-4,12-14,16H,5-9H2. The van der Waals surface area contributed by atoms with Crippen molar-refractivity contribution in [1.29, 1.82) is 0 Å². The summed E-state index contributed by atoms with van der Waals surface area (Å²) in [5.41, 5.74) is 2.83. The molecule has 0 amide bonds. The predicted octanol–water partition coefficient (Wildman–Crippen LogP) is 0.725. The molecule has 1 aromatic rings. The summed E-state index contributed by atoms with van der Waals surface area (Å²) < 4.78 is 0. The van der Waals surface area contributed by atoms with Gasteiger partial charge in [0, 0.05) is 25.7 Å². The molecule has 1 fully saturated rings. The van der Waals surface area contributed by atoms with Crippen molar-refractivity contribution >= 4 is 0 Å². The Morgan fingerprint density at radius 1 is 1.31 bits per heavy atom. The molecule has 3 heteroatoms. The minimum atomic E-state index is -0.219. The summed E-state index contributed by atoms with van der Waals surface area (Å²) >= 11 is 0. The zero-order valence-electron chi connectivity index (χ0n) is 9.39. The molecule has 2 unspecified atom stereocenters. The van der Waals surface area contributed by atoms with Crippen LogP contribution in [0.2, 0.25) is 0 Å². The summed E-state index contributed by atoms with van der Waals surface area (Å²) in [6.45, 7) is 3.81. The van der Waals surface area contributed by atoms with Crippen LogP contribution in [-0.4, -0.2) is 35.2 Å². The average Bonchev–Trinajstić information content (AvgIpc) is 2.56. The van der Waals surface area contributed by atoms with Crippen LogP contribution in [0.1, 0.15) is 17.5 Å². The van der Waals surface area contributed by atoms with Crippen LogP contribution in [0.3, 0.4) is 0 Å². The molecule has 1 aromatic carbocycles. The van der Waals surface area contributed by atoms with Gasteiger partial charge in [-0.15, -0.1) is 0 Å². The van der Waals surface area contributed by atoms with Gasteiger partial charge in [0.25, 0.3) is 0 Å². The molecule has 0 spiro atoms. The number of nitrogens with one attached hydrogen (secondary N) is 1. The van der Waals surface area contributed by atoms with Crippen molar-refractivity contribution in [1.82, 2.24) is 10.2 Å². The predicted molar refractivity (Wildman–Crippen MR) is 63.0 cm³/mol. The van der Waals surface area contributed by atoms with Crippen molar-refractivity contribution in [2.45, 2.75) is 31.7 Å². The van der Waals surface area contributed by atoms with Crippen molar-refractivity contribution in [3.05, 3.63) is 35.4 Å². The molecule has 2 heterocycles. The normalized spacial score (nSPS) is 26.2. The summed E-state index contributed by atoms with van der Waals surface area (Å²) in [7, 11) is 0. The van der Waals surface area contributed by atoms with Crippen molar-refractivity contribution < 1.29 is 5.11 Å². The first-order valence-electron chi connectivity index (χ1n) is 6.03. The first-order chi connectivity index (χ1) is 7.83. The van der Waals surface area contributed by atoms with Crippen molar-refractivity contribution in [2.75, 3.05) is 13.1 Å². The van der Waals surface area contributed by atoms with Gasteiger partial charge >= 0.3 is 0 Å². The Bertz CT molecular complexity index is 351. The number of rotatable bonds is 3. The highest BCUT2D eigenvalue weighted by Gasteiger charge is 2.28. The molecule has 1 saturated heterocycles. The Balaban J connectivity index is 1.59. The van der Waals surface area contributed by atoms with E-state index in [1.54, 1.807) is 0 Å². The maximum Gasteiger partial charge on any atom is 0.0820 e. The van der Waals surface area contributed by atoms with Gasteiger partial charge in [-0.3, -0.25) is 4.90 Å². The Labute approximate surface area is 96.1 Å². The van der Waals surface area contributed by atoms with Crippen LogP contribution < -0.4 is 5.32 Å². The summed E-state index contributed by atoms with van der Waals surface area (Å²) in [6.07, 6.45) is 0.894. The van der Waals surface area contributed by atoms with Crippen LogP contribution in [0.4, 0.5) is 0 Å². The van der Waals surface area contributed by atoms with Crippen molar-refractivity contribution in [3.63, 3.8) is 0 Å². The number of fused-ring (bicyclic) bond motifs is 1. The molecular formula is C13H18N2O. The van der Waals surface area contributed by atoms with Gasteiger partial charge in [0.15, 0.2) is 0 Å². The Morgan fingerprint density at radius 2 is 1.94 bits per heavy atom. The second-order valence-electron chi connectivity index (χ2n) is 4.85. The summed E-state index contributed by atoms with van der Waals surface area (Å²) in [5, 5.41) is 13.3. The topological polar surface area (TPSA) is 35.5 Å². The number of benzene rings is 1. The smallest absolute Gasteiger partial charge is 0.0820 e. The van der Waals surface area contributed by atoms with Crippen molar-refractivity contribution in [3.8, 4) is 0 Å². The molecule has 2 N–H and O–H groups in total. The van der Waals surface area contributed by atoms with E-state index in [1.165, 1.54) is 11.1 Å². The maximum absolute atomic E-state index is 10.0. The van der Waals surface area contributed by atoms with E-state index in [0.29, 0.717) is 6.04 Å². The molecule has 2 atom stereocenters. The highest BCUT2D eigenvalue weighted by Crippen LogP contribution is 2.23. The number of nitrogens with zero attached hydrogens (tertiary/aromatic N) is 1. The van der Waals surface area contributed by atoms with Gasteiger partial charge in [-0.25, -0.2) is 0 Å². The fourth-order valence-corrected chi connectivity index (χ4v) is 2.56. The first kappa shape index (κ1) is 10.3. The van der Waals surface area contributed by atoms with Gasteiger partial charge in [-0.05, 0) is 24.1 Å². The van der Waals surface area contributed by atoms with Gasteiger partial charge < -0.3 is 10.4 Å². The van der Waals surface area contributed by atoms with E-state index < -0.39 is 0 Å². The SMILES string of the molecule is OC(CN1Cc2ccccc2C1)C1CCN1. The number of hydrogen-bond acceptors (Lipinski definition) is 3. The lowest BCUT2D eigenvalue weighted by atomic mass is 10.0. The second kappa shape index (κ2) is 4.17. The minimum Gasteiger partial charge on any atom is -0.390 e. The molecule has 0 aliphatic carbocycles. The number of aliphatic hydroxyl groups is 1. The maximum atomic E-state index is 10.0. The molecular weight excluding hydrogens is 200 g/mol. The number of hydrogen-bond donors (Lipinski definition) is 2. The van der Waals surface area contributed by atoms with Crippen LogP contribution in [0.5, 0.6) is 0 Å². The van der Waals surface area contributed by atoms with Gasteiger partial charge in [-0.2, -0.15) is 0 Å². The van der Waals surface area contributed by atoms with Gasteiger partial charge in [-0.1, -0.05) is 24.3 Å². The number of aliphatic hydroxyl groups excluding tert-OH is 1. The molecule has 0 radical (unpaired) electrons. The van der Waals surface area contributed by atoms with E-state index in [9.17, 15) is 5.11 Å². The van der Waals surface area contributed by atoms with E-state index in [4.69, 9.17) is 0 Å². The van der Waals surface area contributed by atoms with E-state index in [2.05, 4.69) is 34.5 Å². The highest BCUT2D eigenvalue weighted by atomic mass is 16.3. The van der Waals surface area contributed by atoms with Crippen LogP contribution in [-0.2, 0) is 13.1 Å². The zero-order chi connectivity index (χ0) is 11.0. The van der Waals surface area contributed by atoms with E-state index >= 15 is 0 Å². The lowest BCUT2D eigenvalue weighted by Crippen LogP contribution is -2.53. The van der Waals surface area contributed by atoms with Crippen LogP contribution >= 0.6 is 0 Å². The molecule has 3 nitrogen and oxygen atoms in total. The van der Waals surface area contributed by atoms with E-state index in [1.807, 2.05) is 0 Å². The monoisotopic (exact) mass is 218 g/mol. The lowest BCUT2D eigenvalue weighted by Gasteiger charge is -2.34. The minimum absolute atomic E-state index is 0.219. The third-order valence-electron chi connectivity index (χ3n) is 3.68. The molecule has 16 heavy (non-hydrogen) atoms. The third-order valence-corrected chi connectivity index (χ3v) is 3.68. The van der Waals surface area contributed by atoms with Crippen LogP contribution in [0, 0.1) is 0 Å². The summed E-state index contributed by atoms with van der Waals surface area (Å²) in [5.74, 6) is 0. The van der Waals surface area contributed by atoms with Gasteiger partial charge in [0.1, 0.15) is 0 Å². The Hall–Kier alpha value is -0.900. The summed E-state index contributed by atoms with van der Waals surface area (Å²) in [4.78, 5) is 2.33. The second-order valence-corrected chi connectivity index (χ2v) is 4.85.